The van der Waals surface area contributed by atoms with Crippen molar-refractivity contribution in [3.05, 3.63) is 70.3 Å². The average molecular weight is 413 g/mol. The maximum Gasteiger partial charge on any atom is 0.240 e. The number of carbonyl (C=O) groups excluding carboxylic acids is 1. The van der Waals surface area contributed by atoms with Crippen molar-refractivity contribution >= 4 is 35.4 Å². The van der Waals surface area contributed by atoms with Crippen LogP contribution in [0, 0.1) is 4.77 Å². The Bertz CT molecular complexity index is 1140. The molecule has 1 aromatic carbocycles. The van der Waals surface area contributed by atoms with Crippen molar-refractivity contribution < 1.29 is 4.79 Å². The number of fused-ring (bicyclic) bond motifs is 1. The number of benzene rings is 1. The van der Waals surface area contributed by atoms with Gasteiger partial charge < -0.3 is 9.72 Å². The predicted octanol–water partition coefficient (Wildman–Crippen LogP) is 3.27. The van der Waals surface area contributed by atoms with Crippen LogP contribution in [0.5, 0.6) is 0 Å². The highest BCUT2D eigenvalue weighted by atomic mass is 35.5. The molecule has 0 atom stereocenters. The lowest BCUT2D eigenvalue weighted by molar-refractivity contribution is -0.121. The number of H-pyrrole nitrogens is 1. The smallest absolute Gasteiger partial charge is 0.240 e. The Morgan fingerprint density at radius 2 is 2.04 bits per heavy atom. The molecule has 0 saturated heterocycles. The summed E-state index contributed by atoms with van der Waals surface area (Å²) in [5, 5.41) is 10.5. The first-order valence-electron chi connectivity index (χ1n) is 8.70. The second kappa shape index (κ2) is 7.95. The topological polar surface area (TPSA) is 80.0 Å². The molecule has 2 N–H and O–H groups in total. The zero-order valence-corrected chi connectivity index (χ0v) is 16.4. The monoisotopic (exact) mass is 412 g/mol. The van der Waals surface area contributed by atoms with Gasteiger partial charge in [-0.05, 0) is 48.6 Å². The number of rotatable bonds is 6. The zero-order chi connectivity index (χ0) is 19.5. The van der Waals surface area contributed by atoms with E-state index in [1.807, 2.05) is 47.1 Å². The van der Waals surface area contributed by atoms with E-state index < -0.39 is 0 Å². The Balaban J connectivity index is 1.39. The molecule has 0 saturated carbocycles. The Labute approximate surface area is 171 Å². The molecule has 0 unspecified atom stereocenters. The minimum Gasteiger partial charge on any atom is -0.354 e. The van der Waals surface area contributed by atoms with Gasteiger partial charge in [-0.25, -0.2) is 4.98 Å². The molecule has 9 heteroatoms. The fraction of sp³-hybridized carbons (Fsp3) is 0.158. The maximum atomic E-state index is 12.4. The fourth-order valence-electron chi connectivity index (χ4n) is 2.92. The van der Waals surface area contributed by atoms with Crippen LogP contribution in [0.25, 0.3) is 17.0 Å². The van der Waals surface area contributed by atoms with Crippen molar-refractivity contribution in [1.29, 1.82) is 0 Å². The SMILES string of the molecule is O=C(Cn1c(-c2ccc(Cl)cc2)n[nH]c1=S)NCCc1cn2ccccc2n1. The molecule has 4 aromatic rings. The van der Waals surface area contributed by atoms with Gasteiger partial charge in [0.1, 0.15) is 12.2 Å². The number of amides is 1. The standard InChI is InChI=1S/C19H17ClN6OS/c20-14-6-4-13(5-7-14)18-23-24-19(28)26(18)12-17(27)21-9-8-15-11-25-10-2-1-3-16(25)22-15/h1-7,10-11H,8-9,12H2,(H,21,27)(H,24,28). The van der Waals surface area contributed by atoms with Crippen molar-refractivity contribution in [2.45, 2.75) is 13.0 Å². The maximum absolute atomic E-state index is 12.4. The molecular weight excluding hydrogens is 396 g/mol. The molecule has 0 aliphatic rings. The molecular formula is C19H17ClN6OS. The van der Waals surface area contributed by atoms with Crippen molar-refractivity contribution in [3.8, 4) is 11.4 Å². The summed E-state index contributed by atoms with van der Waals surface area (Å²) >= 11 is 11.2. The summed E-state index contributed by atoms with van der Waals surface area (Å²) in [6, 6.07) is 13.1. The second-order valence-electron chi connectivity index (χ2n) is 6.24. The Kier molecular flexibility index (Phi) is 5.23. The summed E-state index contributed by atoms with van der Waals surface area (Å²) in [4.78, 5) is 16.9. The number of hydrogen-bond donors (Lipinski definition) is 2. The van der Waals surface area contributed by atoms with Crippen LogP contribution >= 0.6 is 23.8 Å². The summed E-state index contributed by atoms with van der Waals surface area (Å²) in [5.74, 6) is 0.452. The molecule has 0 radical (unpaired) electrons. The molecule has 0 aliphatic heterocycles. The predicted molar refractivity (Wildman–Crippen MR) is 110 cm³/mol. The Hall–Kier alpha value is -2.97. The van der Waals surface area contributed by atoms with Crippen LogP contribution in [0.1, 0.15) is 5.69 Å². The van der Waals surface area contributed by atoms with Gasteiger partial charge in [0.15, 0.2) is 10.6 Å². The van der Waals surface area contributed by atoms with Crippen LogP contribution in [0.3, 0.4) is 0 Å². The van der Waals surface area contributed by atoms with E-state index in [0.717, 1.165) is 16.9 Å². The van der Waals surface area contributed by atoms with E-state index in [1.54, 1.807) is 16.7 Å². The van der Waals surface area contributed by atoms with E-state index in [2.05, 4.69) is 20.5 Å². The van der Waals surface area contributed by atoms with Gasteiger partial charge in [0.25, 0.3) is 0 Å². The third-order valence-corrected chi connectivity index (χ3v) is 4.84. The minimum absolute atomic E-state index is 0.0818. The summed E-state index contributed by atoms with van der Waals surface area (Å²) < 4.78 is 4.01. The van der Waals surface area contributed by atoms with Gasteiger partial charge in [-0.2, -0.15) is 5.10 Å². The summed E-state index contributed by atoms with van der Waals surface area (Å²) in [7, 11) is 0. The van der Waals surface area contributed by atoms with Crippen molar-refractivity contribution in [2.75, 3.05) is 6.54 Å². The largest absolute Gasteiger partial charge is 0.354 e. The fourth-order valence-corrected chi connectivity index (χ4v) is 3.24. The van der Waals surface area contributed by atoms with Gasteiger partial charge in [0.2, 0.25) is 5.91 Å². The Morgan fingerprint density at radius 3 is 2.82 bits per heavy atom. The number of carbonyl (C=O) groups is 1. The van der Waals surface area contributed by atoms with Crippen molar-refractivity contribution in [1.82, 2.24) is 29.5 Å². The van der Waals surface area contributed by atoms with Gasteiger partial charge in [-0.1, -0.05) is 17.7 Å². The lowest BCUT2D eigenvalue weighted by atomic mass is 10.2. The van der Waals surface area contributed by atoms with Crippen LogP contribution in [-0.2, 0) is 17.8 Å². The molecule has 0 aliphatic carbocycles. The number of imidazole rings is 1. The molecule has 28 heavy (non-hydrogen) atoms. The Morgan fingerprint density at radius 1 is 1.21 bits per heavy atom. The molecule has 4 rings (SSSR count). The van der Waals surface area contributed by atoms with Gasteiger partial charge in [0, 0.05) is 35.9 Å². The highest BCUT2D eigenvalue weighted by Crippen LogP contribution is 2.19. The number of nitrogens with zero attached hydrogens (tertiary/aromatic N) is 4. The number of nitrogens with one attached hydrogen (secondary N) is 2. The van der Waals surface area contributed by atoms with E-state index in [4.69, 9.17) is 23.8 Å². The van der Waals surface area contributed by atoms with Gasteiger partial charge in [-0.3, -0.25) is 14.5 Å². The highest BCUT2D eigenvalue weighted by molar-refractivity contribution is 7.71. The quantitative estimate of drug-likeness (QED) is 0.476. The number of halogens is 1. The second-order valence-corrected chi connectivity index (χ2v) is 7.07. The summed E-state index contributed by atoms with van der Waals surface area (Å²) in [6.45, 7) is 0.572. The van der Waals surface area contributed by atoms with Gasteiger partial charge >= 0.3 is 0 Å². The lowest BCUT2D eigenvalue weighted by Crippen LogP contribution is -2.29. The number of aromatic nitrogens is 5. The van der Waals surface area contributed by atoms with Crippen LogP contribution < -0.4 is 5.32 Å². The molecule has 0 fully saturated rings. The molecule has 1 amide bonds. The number of hydrogen-bond acceptors (Lipinski definition) is 4. The van der Waals surface area contributed by atoms with Gasteiger partial charge in [0.05, 0.1) is 5.69 Å². The molecule has 3 heterocycles. The molecule has 142 valence electrons. The number of pyridine rings is 1. The molecule has 0 bridgehead atoms. The molecule has 0 spiro atoms. The molecule has 7 nitrogen and oxygen atoms in total. The van der Waals surface area contributed by atoms with Crippen LogP contribution in [-0.4, -0.2) is 36.6 Å². The van der Waals surface area contributed by atoms with E-state index >= 15 is 0 Å². The normalized spacial score (nSPS) is 11.0. The van der Waals surface area contributed by atoms with Crippen molar-refractivity contribution in [2.24, 2.45) is 0 Å². The highest BCUT2D eigenvalue weighted by Gasteiger charge is 2.12. The van der Waals surface area contributed by atoms with Gasteiger partial charge in [-0.15, -0.1) is 0 Å². The van der Waals surface area contributed by atoms with Crippen LogP contribution in [0.15, 0.2) is 54.9 Å². The lowest BCUT2D eigenvalue weighted by Gasteiger charge is -2.08. The number of aromatic amines is 1. The first kappa shape index (κ1) is 18.4. The third kappa shape index (κ3) is 3.97. The van der Waals surface area contributed by atoms with E-state index in [0.29, 0.717) is 28.6 Å². The van der Waals surface area contributed by atoms with Crippen molar-refractivity contribution in [3.63, 3.8) is 0 Å². The summed E-state index contributed by atoms with van der Waals surface area (Å²) in [6.07, 6.45) is 4.56. The minimum atomic E-state index is -0.142. The first-order valence-corrected chi connectivity index (χ1v) is 9.49. The zero-order valence-electron chi connectivity index (χ0n) is 14.8. The average Bonchev–Trinajstić information content (AvgIpc) is 3.26. The summed E-state index contributed by atoms with van der Waals surface area (Å²) in [5.41, 5.74) is 2.64. The van der Waals surface area contributed by atoms with E-state index in [9.17, 15) is 4.79 Å². The van der Waals surface area contributed by atoms with Crippen LogP contribution in [0.4, 0.5) is 0 Å². The first-order chi connectivity index (χ1) is 13.6. The third-order valence-electron chi connectivity index (χ3n) is 4.28. The van der Waals surface area contributed by atoms with E-state index in [-0.39, 0.29) is 12.5 Å². The van der Waals surface area contributed by atoms with E-state index in [1.165, 1.54) is 0 Å². The van der Waals surface area contributed by atoms with Crippen LogP contribution in [0.2, 0.25) is 5.02 Å². The molecule has 3 aromatic heterocycles.